The van der Waals surface area contributed by atoms with Crippen molar-refractivity contribution in [3.8, 4) is 0 Å². The van der Waals surface area contributed by atoms with Crippen molar-refractivity contribution in [2.75, 3.05) is 0 Å². The predicted molar refractivity (Wildman–Crippen MR) is 51.0 cm³/mol. The molecule has 0 saturated heterocycles. The zero-order chi connectivity index (χ0) is 10.3. The van der Waals surface area contributed by atoms with Gasteiger partial charge in [0.2, 0.25) is 0 Å². The Balaban J connectivity index is 2.75. The van der Waals surface area contributed by atoms with Crippen LogP contribution in [0, 0.1) is 0 Å². The molecule has 0 aliphatic heterocycles. The van der Waals surface area contributed by atoms with E-state index in [0.29, 0.717) is 10.7 Å². The summed E-state index contributed by atoms with van der Waals surface area (Å²) in [6.45, 7) is 0. The number of rotatable bonds is 1. The number of aromatic nitrogens is 3. The third kappa shape index (κ3) is 1.68. The molecule has 0 radical (unpaired) electrons. The van der Waals surface area contributed by atoms with E-state index in [1.54, 1.807) is 6.07 Å². The molecule has 5 nitrogen and oxygen atoms in total. The van der Waals surface area contributed by atoms with Crippen molar-refractivity contribution < 1.29 is 8.42 Å². The molecule has 2 aromatic heterocycles. The van der Waals surface area contributed by atoms with Gasteiger partial charge in [-0.25, -0.2) is 12.9 Å². The van der Waals surface area contributed by atoms with E-state index in [9.17, 15) is 8.42 Å². The van der Waals surface area contributed by atoms with Crippen molar-refractivity contribution in [2.45, 2.75) is 5.16 Å². The van der Waals surface area contributed by atoms with Crippen molar-refractivity contribution in [1.82, 2.24) is 14.6 Å². The molecule has 0 amide bonds. The first-order valence-electron chi connectivity index (χ1n) is 3.43. The predicted octanol–water partition coefficient (Wildman–Crippen LogP) is 1.31. The van der Waals surface area contributed by atoms with Crippen LogP contribution < -0.4 is 0 Å². The van der Waals surface area contributed by atoms with Crippen molar-refractivity contribution in [2.24, 2.45) is 0 Å². The highest BCUT2D eigenvalue weighted by molar-refractivity contribution is 8.13. The smallest absolute Gasteiger partial charge is 0.220 e. The molecule has 0 fully saturated rings. The summed E-state index contributed by atoms with van der Waals surface area (Å²) in [5, 5.41) is 3.67. The van der Waals surface area contributed by atoms with Crippen LogP contribution in [0.25, 0.3) is 5.65 Å². The van der Waals surface area contributed by atoms with Gasteiger partial charge in [0, 0.05) is 28.0 Å². The zero-order valence-corrected chi connectivity index (χ0v) is 8.88. The molecule has 0 atom stereocenters. The summed E-state index contributed by atoms with van der Waals surface area (Å²) in [6, 6.07) is 3.05. The van der Waals surface area contributed by atoms with Crippen LogP contribution in [0.4, 0.5) is 0 Å². The van der Waals surface area contributed by atoms with Crippen LogP contribution in [0.5, 0.6) is 0 Å². The second-order valence-corrected chi connectivity index (χ2v) is 5.38. The van der Waals surface area contributed by atoms with Gasteiger partial charge in [-0.1, -0.05) is 11.6 Å². The van der Waals surface area contributed by atoms with Crippen molar-refractivity contribution in [3.05, 3.63) is 23.4 Å². The molecule has 2 aromatic rings. The molecule has 0 aromatic carbocycles. The van der Waals surface area contributed by atoms with Gasteiger partial charge in [-0.15, -0.1) is 5.10 Å². The molecule has 14 heavy (non-hydrogen) atoms. The van der Waals surface area contributed by atoms with Crippen LogP contribution in [-0.2, 0) is 9.05 Å². The summed E-state index contributed by atoms with van der Waals surface area (Å²) in [6.07, 6.45) is 1.50. The minimum absolute atomic E-state index is 0.330. The lowest BCUT2D eigenvalue weighted by Gasteiger charge is -1.89. The number of fused-ring (bicyclic) bond motifs is 1. The first-order valence-corrected chi connectivity index (χ1v) is 6.12. The molecule has 74 valence electrons. The highest BCUT2D eigenvalue weighted by Crippen LogP contribution is 2.14. The molecule has 0 bridgehead atoms. The number of halogens is 2. The summed E-state index contributed by atoms with van der Waals surface area (Å²) in [7, 11) is 1.18. The highest BCUT2D eigenvalue weighted by atomic mass is 35.7. The first-order chi connectivity index (χ1) is 6.47. The van der Waals surface area contributed by atoms with E-state index in [-0.39, 0.29) is 0 Å². The number of pyridine rings is 1. The normalized spacial score (nSPS) is 12.1. The van der Waals surface area contributed by atoms with Crippen LogP contribution >= 0.6 is 22.3 Å². The summed E-state index contributed by atoms with van der Waals surface area (Å²) in [4.78, 5) is 3.69. The summed E-state index contributed by atoms with van der Waals surface area (Å²) in [5.41, 5.74) is 0.330. The summed E-state index contributed by atoms with van der Waals surface area (Å²) >= 11 is 5.68. The van der Waals surface area contributed by atoms with Crippen LogP contribution in [-0.4, -0.2) is 23.0 Å². The molecular formula is C6H3Cl2N3O2S. The molecule has 0 spiro atoms. The molecule has 2 rings (SSSR count). The van der Waals surface area contributed by atoms with Gasteiger partial charge in [-0.2, -0.15) is 4.98 Å². The largest absolute Gasteiger partial charge is 0.298 e. The molecule has 0 saturated carbocycles. The quantitative estimate of drug-likeness (QED) is 0.718. The SMILES string of the molecule is O=S(=O)(Cl)c1nc2cc(Cl)ccn2n1. The fraction of sp³-hybridized carbons (Fsp3) is 0. The average molecular weight is 252 g/mol. The van der Waals surface area contributed by atoms with Gasteiger partial charge in [0.25, 0.3) is 14.2 Å². The molecule has 0 aliphatic carbocycles. The van der Waals surface area contributed by atoms with Crippen LogP contribution in [0.15, 0.2) is 23.5 Å². The van der Waals surface area contributed by atoms with Crippen LogP contribution in [0.1, 0.15) is 0 Å². The Morgan fingerprint density at radius 1 is 1.43 bits per heavy atom. The number of hydrogen-bond donors (Lipinski definition) is 0. The third-order valence-electron chi connectivity index (χ3n) is 1.50. The maximum absolute atomic E-state index is 10.9. The maximum atomic E-state index is 10.9. The van der Waals surface area contributed by atoms with E-state index in [4.69, 9.17) is 22.3 Å². The van der Waals surface area contributed by atoms with E-state index in [1.807, 2.05) is 0 Å². The highest BCUT2D eigenvalue weighted by Gasteiger charge is 2.16. The van der Waals surface area contributed by atoms with Crippen LogP contribution in [0.3, 0.4) is 0 Å². The molecule has 2 heterocycles. The van der Waals surface area contributed by atoms with Gasteiger partial charge in [-0.3, -0.25) is 0 Å². The molecule has 0 unspecified atom stereocenters. The van der Waals surface area contributed by atoms with E-state index in [1.165, 1.54) is 16.8 Å². The Labute approximate surface area is 88.7 Å². The minimum Gasteiger partial charge on any atom is -0.220 e. The lowest BCUT2D eigenvalue weighted by atomic mass is 10.5. The topological polar surface area (TPSA) is 64.3 Å². The standard InChI is InChI=1S/C6H3Cl2N3O2S/c7-4-1-2-11-5(3-4)9-6(10-11)14(8,12)13/h1-3H. The van der Waals surface area contributed by atoms with Gasteiger partial charge in [0.15, 0.2) is 5.65 Å². The van der Waals surface area contributed by atoms with Gasteiger partial charge in [0.05, 0.1) is 0 Å². The Bertz CT molecular complexity index is 592. The van der Waals surface area contributed by atoms with Crippen molar-refractivity contribution in [3.63, 3.8) is 0 Å². The average Bonchev–Trinajstić information content (AvgIpc) is 2.45. The Hall–Kier alpha value is -0.850. The minimum atomic E-state index is -3.89. The molecule has 8 heteroatoms. The van der Waals surface area contributed by atoms with Crippen molar-refractivity contribution in [1.29, 1.82) is 0 Å². The van der Waals surface area contributed by atoms with Gasteiger partial charge >= 0.3 is 0 Å². The monoisotopic (exact) mass is 251 g/mol. The molecular weight excluding hydrogens is 249 g/mol. The number of hydrogen-bond acceptors (Lipinski definition) is 4. The fourth-order valence-corrected chi connectivity index (χ4v) is 1.68. The van der Waals surface area contributed by atoms with E-state index < -0.39 is 14.2 Å². The second kappa shape index (κ2) is 3.08. The molecule has 0 N–H and O–H groups in total. The Kier molecular flexibility index (Phi) is 2.13. The van der Waals surface area contributed by atoms with Gasteiger partial charge in [0.1, 0.15) is 0 Å². The van der Waals surface area contributed by atoms with Gasteiger partial charge < -0.3 is 0 Å². The summed E-state index contributed by atoms with van der Waals surface area (Å²) < 4.78 is 23.0. The lowest BCUT2D eigenvalue weighted by Crippen LogP contribution is -1.93. The Morgan fingerprint density at radius 3 is 2.79 bits per heavy atom. The fourth-order valence-electron chi connectivity index (χ4n) is 0.940. The van der Waals surface area contributed by atoms with E-state index >= 15 is 0 Å². The number of nitrogens with zero attached hydrogens (tertiary/aromatic N) is 3. The van der Waals surface area contributed by atoms with Crippen molar-refractivity contribution >= 4 is 37.0 Å². The zero-order valence-electron chi connectivity index (χ0n) is 6.55. The summed E-state index contributed by atoms with van der Waals surface area (Å²) in [5.74, 6) is 0. The first kappa shape index (κ1) is 9.70. The molecule has 0 aliphatic rings. The maximum Gasteiger partial charge on any atom is 0.298 e. The lowest BCUT2D eigenvalue weighted by molar-refractivity contribution is 0.601. The van der Waals surface area contributed by atoms with E-state index in [0.717, 1.165) is 0 Å². The van der Waals surface area contributed by atoms with Gasteiger partial charge in [-0.05, 0) is 6.07 Å². The second-order valence-electron chi connectivity index (χ2n) is 2.48. The Morgan fingerprint density at radius 2 is 2.14 bits per heavy atom. The van der Waals surface area contributed by atoms with E-state index in [2.05, 4.69) is 10.1 Å². The van der Waals surface area contributed by atoms with Crippen LogP contribution in [0.2, 0.25) is 5.02 Å². The third-order valence-corrected chi connectivity index (χ3v) is 2.76.